The van der Waals surface area contributed by atoms with E-state index in [4.69, 9.17) is 9.47 Å². The maximum atomic E-state index is 12.3. The van der Waals surface area contributed by atoms with Gasteiger partial charge in [0, 0.05) is 48.2 Å². The standard InChI is InChI=1S/C19H21N3O4/c1-25-16-10-14(11-17(12-16)26-2)21-19(24)20-13-5-3-6-15(9-13)22-8-4-7-18(22)23/h3,5-6,9-12H,4,7-8H2,1-2H3,(H2,20,21,24). The summed E-state index contributed by atoms with van der Waals surface area (Å²) in [6, 6.07) is 11.9. The van der Waals surface area contributed by atoms with Crippen LogP contribution < -0.4 is 25.0 Å². The van der Waals surface area contributed by atoms with E-state index in [9.17, 15) is 9.59 Å². The van der Waals surface area contributed by atoms with Crippen molar-refractivity contribution in [3.63, 3.8) is 0 Å². The number of urea groups is 1. The van der Waals surface area contributed by atoms with Gasteiger partial charge in [0.1, 0.15) is 11.5 Å². The van der Waals surface area contributed by atoms with Gasteiger partial charge in [0.25, 0.3) is 0 Å². The first-order chi connectivity index (χ1) is 12.6. The van der Waals surface area contributed by atoms with Crippen LogP contribution in [0, 0.1) is 0 Å². The molecule has 2 aromatic carbocycles. The molecule has 0 bridgehead atoms. The molecule has 2 N–H and O–H groups in total. The Morgan fingerprint density at radius 2 is 1.69 bits per heavy atom. The average molecular weight is 355 g/mol. The van der Waals surface area contributed by atoms with E-state index in [0.29, 0.717) is 35.8 Å². The molecule has 1 saturated heterocycles. The molecule has 0 atom stereocenters. The molecule has 3 amide bonds. The molecule has 7 heteroatoms. The van der Waals surface area contributed by atoms with Crippen molar-refractivity contribution in [2.75, 3.05) is 36.3 Å². The molecular formula is C19H21N3O4. The number of ether oxygens (including phenoxy) is 2. The van der Waals surface area contributed by atoms with Crippen LogP contribution in [-0.2, 0) is 4.79 Å². The van der Waals surface area contributed by atoms with E-state index in [1.165, 1.54) is 0 Å². The fourth-order valence-corrected chi connectivity index (χ4v) is 2.85. The van der Waals surface area contributed by atoms with Crippen LogP contribution in [0.3, 0.4) is 0 Å². The van der Waals surface area contributed by atoms with E-state index in [1.54, 1.807) is 49.5 Å². The number of methoxy groups -OCH3 is 2. The lowest BCUT2D eigenvalue weighted by atomic mass is 10.2. The third-order valence-electron chi connectivity index (χ3n) is 4.10. The molecule has 0 radical (unpaired) electrons. The normalized spacial score (nSPS) is 13.5. The Morgan fingerprint density at radius 1 is 1.00 bits per heavy atom. The van der Waals surface area contributed by atoms with E-state index < -0.39 is 6.03 Å². The molecule has 136 valence electrons. The van der Waals surface area contributed by atoms with Gasteiger partial charge < -0.3 is 25.0 Å². The fraction of sp³-hybridized carbons (Fsp3) is 0.263. The number of benzene rings is 2. The van der Waals surface area contributed by atoms with Crippen molar-refractivity contribution in [3.05, 3.63) is 42.5 Å². The molecule has 0 saturated carbocycles. The summed E-state index contributed by atoms with van der Waals surface area (Å²) in [5, 5.41) is 5.52. The summed E-state index contributed by atoms with van der Waals surface area (Å²) in [6.07, 6.45) is 1.42. The lowest BCUT2D eigenvalue weighted by Gasteiger charge is -2.17. The number of nitrogens with one attached hydrogen (secondary N) is 2. The molecule has 3 rings (SSSR count). The van der Waals surface area contributed by atoms with Crippen LogP contribution in [0.1, 0.15) is 12.8 Å². The van der Waals surface area contributed by atoms with Gasteiger partial charge in [0.15, 0.2) is 0 Å². The second-order valence-electron chi connectivity index (χ2n) is 5.88. The summed E-state index contributed by atoms with van der Waals surface area (Å²) in [5.74, 6) is 1.26. The number of anilines is 3. The molecule has 1 heterocycles. The van der Waals surface area contributed by atoms with Gasteiger partial charge in [-0.05, 0) is 24.6 Å². The van der Waals surface area contributed by atoms with Crippen LogP contribution in [0.25, 0.3) is 0 Å². The maximum Gasteiger partial charge on any atom is 0.323 e. The first-order valence-corrected chi connectivity index (χ1v) is 8.30. The third-order valence-corrected chi connectivity index (χ3v) is 4.10. The highest BCUT2D eigenvalue weighted by molar-refractivity contribution is 6.01. The molecule has 0 unspecified atom stereocenters. The Kier molecular flexibility index (Phi) is 5.26. The number of hydrogen-bond donors (Lipinski definition) is 2. The minimum atomic E-state index is -0.398. The molecule has 1 aliphatic rings. The maximum absolute atomic E-state index is 12.3. The topological polar surface area (TPSA) is 79.9 Å². The first-order valence-electron chi connectivity index (χ1n) is 8.30. The number of rotatable bonds is 5. The van der Waals surface area contributed by atoms with Crippen molar-refractivity contribution < 1.29 is 19.1 Å². The van der Waals surface area contributed by atoms with E-state index in [0.717, 1.165) is 12.1 Å². The predicted octanol–water partition coefficient (Wildman–Crippen LogP) is 3.47. The first kappa shape index (κ1) is 17.6. The molecule has 2 aromatic rings. The Morgan fingerprint density at radius 3 is 2.31 bits per heavy atom. The van der Waals surface area contributed by atoms with Crippen molar-refractivity contribution in [1.82, 2.24) is 0 Å². The van der Waals surface area contributed by atoms with E-state index in [2.05, 4.69) is 10.6 Å². The number of nitrogens with zero attached hydrogens (tertiary/aromatic N) is 1. The second kappa shape index (κ2) is 7.77. The molecule has 0 aromatic heterocycles. The Labute approximate surface area is 151 Å². The van der Waals surface area contributed by atoms with Gasteiger partial charge >= 0.3 is 6.03 Å². The summed E-state index contributed by atoms with van der Waals surface area (Å²) in [4.78, 5) is 25.9. The highest BCUT2D eigenvalue weighted by Gasteiger charge is 2.21. The van der Waals surface area contributed by atoms with Crippen LogP contribution in [0.5, 0.6) is 11.5 Å². The SMILES string of the molecule is COc1cc(NC(=O)Nc2cccc(N3CCCC3=O)c2)cc(OC)c1. The van der Waals surface area contributed by atoms with Crippen molar-refractivity contribution in [1.29, 1.82) is 0 Å². The number of amides is 3. The van der Waals surface area contributed by atoms with Gasteiger partial charge in [-0.15, -0.1) is 0 Å². The average Bonchev–Trinajstić information content (AvgIpc) is 3.07. The summed E-state index contributed by atoms with van der Waals surface area (Å²) >= 11 is 0. The lowest BCUT2D eigenvalue weighted by Crippen LogP contribution is -2.24. The van der Waals surface area contributed by atoms with Crippen molar-refractivity contribution in [3.8, 4) is 11.5 Å². The van der Waals surface area contributed by atoms with Crippen LogP contribution in [0.4, 0.5) is 21.9 Å². The molecule has 0 aliphatic carbocycles. The van der Waals surface area contributed by atoms with E-state index in [-0.39, 0.29) is 5.91 Å². The van der Waals surface area contributed by atoms with Crippen molar-refractivity contribution >= 4 is 29.0 Å². The van der Waals surface area contributed by atoms with Gasteiger partial charge in [0.05, 0.1) is 14.2 Å². The van der Waals surface area contributed by atoms with Gasteiger partial charge in [-0.25, -0.2) is 4.79 Å². The zero-order valence-corrected chi connectivity index (χ0v) is 14.7. The van der Waals surface area contributed by atoms with Crippen LogP contribution in [0.15, 0.2) is 42.5 Å². The molecule has 0 spiro atoms. The minimum absolute atomic E-state index is 0.107. The summed E-state index contributed by atoms with van der Waals surface area (Å²) in [7, 11) is 3.09. The third kappa shape index (κ3) is 4.05. The Balaban J connectivity index is 1.69. The van der Waals surface area contributed by atoms with Gasteiger partial charge in [-0.2, -0.15) is 0 Å². The summed E-state index contributed by atoms with van der Waals surface area (Å²) < 4.78 is 10.4. The molecule has 1 fully saturated rings. The van der Waals surface area contributed by atoms with Gasteiger partial charge in [-0.3, -0.25) is 4.79 Å². The molecule has 1 aliphatic heterocycles. The molecule has 26 heavy (non-hydrogen) atoms. The second-order valence-corrected chi connectivity index (χ2v) is 5.88. The van der Waals surface area contributed by atoms with Crippen LogP contribution in [0.2, 0.25) is 0 Å². The quantitative estimate of drug-likeness (QED) is 0.861. The van der Waals surface area contributed by atoms with Gasteiger partial charge in [-0.1, -0.05) is 6.07 Å². The largest absolute Gasteiger partial charge is 0.497 e. The molecular weight excluding hydrogens is 334 g/mol. The van der Waals surface area contributed by atoms with E-state index >= 15 is 0 Å². The van der Waals surface area contributed by atoms with Gasteiger partial charge in [0.2, 0.25) is 5.91 Å². The number of carbonyl (C=O) groups excluding carboxylic acids is 2. The predicted molar refractivity (Wildman–Crippen MR) is 100 cm³/mol. The smallest absolute Gasteiger partial charge is 0.323 e. The van der Waals surface area contributed by atoms with E-state index in [1.807, 2.05) is 12.1 Å². The fourth-order valence-electron chi connectivity index (χ4n) is 2.85. The number of carbonyl (C=O) groups is 2. The molecule has 7 nitrogen and oxygen atoms in total. The summed E-state index contributed by atoms with van der Waals surface area (Å²) in [5.41, 5.74) is 1.94. The van der Waals surface area contributed by atoms with Crippen LogP contribution >= 0.6 is 0 Å². The lowest BCUT2D eigenvalue weighted by molar-refractivity contribution is -0.117. The van der Waals surface area contributed by atoms with Crippen LogP contribution in [-0.4, -0.2) is 32.7 Å². The van der Waals surface area contributed by atoms with Crippen molar-refractivity contribution in [2.24, 2.45) is 0 Å². The highest BCUT2D eigenvalue weighted by atomic mass is 16.5. The Bertz CT molecular complexity index is 800. The van der Waals surface area contributed by atoms with Crippen molar-refractivity contribution in [2.45, 2.75) is 12.8 Å². The monoisotopic (exact) mass is 355 g/mol. The minimum Gasteiger partial charge on any atom is -0.497 e. The zero-order chi connectivity index (χ0) is 18.5. The number of hydrogen-bond acceptors (Lipinski definition) is 4. The zero-order valence-electron chi connectivity index (χ0n) is 14.7. The Hall–Kier alpha value is -3.22. The summed E-state index contributed by atoms with van der Waals surface area (Å²) in [6.45, 7) is 0.706. The highest BCUT2D eigenvalue weighted by Crippen LogP contribution is 2.27.